The summed E-state index contributed by atoms with van der Waals surface area (Å²) in [7, 11) is 0. The number of benzene rings is 1. The first kappa shape index (κ1) is 11.8. The molecule has 0 amide bonds. The molecule has 18 heavy (non-hydrogen) atoms. The Labute approximate surface area is 109 Å². The van der Waals surface area contributed by atoms with E-state index in [1.54, 1.807) is 6.07 Å². The maximum atomic E-state index is 11.2. The van der Waals surface area contributed by atoms with Crippen molar-refractivity contribution in [2.75, 3.05) is 0 Å². The van der Waals surface area contributed by atoms with Crippen LogP contribution >= 0.6 is 11.6 Å². The van der Waals surface area contributed by atoms with E-state index in [4.69, 9.17) is 16.0 Å². The summed E-state index contributed by atoms with van der Waals surface area (Å²) in [4.78, 5) is 11.2. The van der Waals surface area contributed by atoms with Gasteiger partial charge < -0.3 is 9.52 Å². The molecule has 1 aromatic heterocycles. The maximum absolute atomic E-state index is 11.2. The van der Waals surface area contributed by atoms with Gasteiger partial charge in [-0.25, -0.2) is 0 Å². The summed E-state index contributed by atoms with van der Waals surface area (Å²) in [6, 6.07) is 7.31. The molecule has 1 aliphatic carbocycles. The van der Waals surface area contributed by atoms with E-state index < -0.39 is 5.60 Å². The zero-order valence-corrected chi connectivity index (χ0v) is 10.5. The van der Waals surface area contributed by atoms with Crippen molar-refractivity contribution in [1.82, 2.24) is 0 Å². The Hall–Kier alpha value is -1.32. The lowest BCUT2D eigenvalue weighted by atomic mass is 9.82. The molecule has 0 unspecified atom stereocenters. The fourth-order valence-corrected chi connectivity index (χ4v) is 2.67. The molecule has 1 N–H and O–H groups in total. The molecule has 0 saturated heterocycles. The van der Waals surface area contributed by atoms with E-state index in [2.05, 4.69) is 0 Å². The summed E-state index contributed by atoms with van der Waals surface area (Å²) >= 11 is 6.05. The second-order valence-corrected chi connectivity index (χ2v) is 5.25. The number of ketones is 1. The van der Waals surface area contributed by atoms with Crippen LogP contribution in [0.25, 0.3) is 11.0 Å². The predicted molar refractivity (Wildman–Crippen MR) is 68.6 cm³/mol. The molecule has 0 atom stereocenters. The molecule has 0 aliphatic heterocycles. The number of hydrogen-bond donors (Lipinski definition) is 1. The highest BCUT2D eigenvalue weighted by molar-refractivity contribution is 6.34. The number of halogens is 1. The number of hydrogen-bond acceptors (Lipinski definition) is 3. The highest BCUT2D eigenvalue weighted by Crippen LogP contribution is 2.39. The number of carbonyl (C=O) groups is 1. The van der Waals surface area contributed by atoms with Gasteiger partial charge in [0.1, 0.15) is 17.1 Å². The lowest BCUT2D eigenvalue weighted by molar-refractivity contribution is -0.126. The molecule has 0 bridgehead atoms. The summed E-state index contributed by atoms with van der Waals surface area (Å²) in [5, 5.41) is 12.0. The number of para-hydroxylation sites is 1. The van der Waals surface area contributed by atoms with Gasteiger partial charge >= 0.3 is 0 Å². The fraction of sp³-hybridized carbons (Fsp3) is 0.357. The van der Waals surface area contributed by atoms with Crippen LogP contribution in [-0.2, 0) is 10.4 Å². The summed E-state index contributed by atoms with van der Waals surface area (Å²) in [5.41, 5.74) is -0.435. The van der Waals surface area contributed by atoms with Crippen LogP contribution in [0, 0.1) is 0 Å². The third kappa shape index (κ3) is 1.84. The van der Waals surface area contributed by atoms with E-state index >= 15 is 0 Å². The van der Waals surface area contributed by atoms with E-state index in [0.717, 1.165) is 5.39 Å². The fourth-order valence-electron chi connectivity index (χ4n) is 2.45. The Morgan fingerprint density at radius 2 is 2.00 bits per heavy atom. The third-order valence-corrected chi connectivity index (χ3v) is 3.89. The summed E-state index contributed by atoms with van der Waals surface area (Å²) in [5.74, 6) is 0.715. The predicted octanol–water partition coefficient (Wildman–Crippen LogP) is 3.42. The molecular weight excluding hydrogens is 252 g/mol. The molecule has 3 nitrogen and oxygen atoms in total. The van der Waals surface area contributed by atoms with Gasteiger partial charge in [0.15, 0.2) is 5.58 Å². The molecular formula is C14H13ClO3. The van der Waals surface area contributed by atoms with E-state index in [0.29, 0.717) is 42.0 Å². The van der Waals surface area contributed by atoms with Gasteiger partial charge in [-0.05, 0) is 25.0 Å². The number of furan rings is 1. The van der Waals surface area contributed by atoms with Gasteiger partial charge in [0, 0.05) is 18.2 Å². The Kier molecular flexibility index (Phi) is 2.68. The van der Waals surface area contributed by atoms with Gasteiger partial charge in [-0.15, -0.1) is 0 Å². The SMILES string of the molecule is O=C1CCC(O)(c2cc3cccc(Cl)c3o2)CC1. The van der Waals surface area contributed by atoms with Gasteiger partial charge in [0.05, 0.1) is 5.02 Å². The van der Waals surface area contributed by atoms with Crippen molar-refractivity contribution < 1.29 is 14.3 Å². The molecule has 4 heteroatoms. The van der Waals surface area contributed by atoms with Crippen LogP contribution in [0.15, 0.2) is 28.7 Å². The number of carbonyl (C=O) groups excluding carboxylic acids is 1. The van der Waals surface area contributed by atoms with Crippen LogP contribution in [0.4, 0.5) is 0 Å². The van der Waals surface area contributed by atoms with Crippen molar-refractivity contribution in [3.05, 3.63) is 35.0 Å². The first-order valence-corrected chi connectivity index (χ1v) is 6.39. The average molecular weight is 265 g/mol. The third-order valence-electron chi connectivity index (χ3n) is 3.59. The van der Waals surface area contributed by atoms with Crippen molar-refractivity contribution in [2.24, 2.45) is 0 Å². The van der Waals surface area contributed by atoms with Gasteiger partial charge in [-0.2, -0.15) is 0 Å². The lowest BCUT2D eigenvalue weighted by Gasteiger charge is -2.29. The van der Waals surface area contributed by atoms with Crippen molar-refractivity contribution in [3.63, 3.8) is 0 Å². The highest BCUT2D eigenvalue weighted by atomic mass is 35.5. The van der Waals surface area contributed by atoms with Crippen molar-refractivity contribution >= 4 is 28.4 Å². The molecule has 0 radical (unpaired) electrons. The molecule has 0 spiro atoms. The van der Waals surface area contributed by atoms with E-state index in [-0.39, 0.29) is 5.78 Å². The van der Waals surface area contributed by atoms with Crippen LogP contribution in [0.5, 0.6) is 0 Å². The Bertz CT molecular complexity index is 605. The second-order valence-electron chi connectivity index (χ2n) is 4.84. The molecule has 1 aromatic carbocycles. The van der Waals surface area contributed by atoms with E-state index in [1.165, 1.54) is 0 Å². The number of rotatable bonds is 1. The first-order valence-electron chi connectivity index (χ1n) is 6.01. The van der Waals surface area contributed by atoms with Gasteiger partial charge in [-0.3, -0.25) is 4.79 Å². The number of aliphatic hydroxyl groups is 1. The quantitative estimate of drug-likeness (QED) is 0.859. The first-order chi connectivity index (χ1) is 8.58. The molecule has 1 fully saturated rings. The van der Waals surface area contributed by atoms with Crippen molar-refractivity contribution in [1.29, 1.82) is 0 Å². The smallest absolute Gasteiger partial charge is 0.153 e. The lowest BCUT2D eigenvalue weighted by Crippen LogP contribution is -2.31. The van der Waals surface area contributed by atoms with Crippen LogP contribution in [-0.4, -0.2) is 10.9 Å². The van der Waals surface area contributed by atoms with Crippen LogP contribution in [0.2, 0.25) is 5.02 Å². The average Bonchev–Trinajstić information content (AvgIpc) is 2.79. The normalized spacial score (nSPS) is 19.3. The standard InChI is InChI=1S/C14H13ClO3/c15-11-3-1-2-9-8-12(18-13(9)11)14(17)6-4-10(16)5-7-14/h1-3,8,17H,4-7H2. The van der Waals surface area contributed by atoms with E-state index in [1.807, 2.05) is 18.2 Å². The number of Topliss-reactive ketones (excluding diaryl/α,β-unsaturated/α-hetero) is 1. The summed E-state index contributed by atoms with van der Waals surface area (Å²) in [6.45, 7) is 0. The largest absolute Gasteiger partial charge is 0.456 e. The molecule has 1 aliphatic rings. The van der Waals surface area contributed by atoms with Crippen LogP contribution in [0.3, 0.4) is 0 Å². The Balaban J connectivity index is 2.04. The summed E-state index contributed by atoms with van der Waals surface area (Å²) in [6.07, 6.45) is 1.65. The number of fused-ring (bicyclic) bond motifs is 1. The molecule has 2 aromatic rings. The van der Waals surface area contributed by atoms with Crippen LogP contribution < -0.4 is 0 Å². The minimum Gasteiger partial charge on any atom is -0.456 e. The van der Waals surface area contributed by atoms with Crippen molar-refractivity contribution in [3.8, 4) is 0 Å². The van der Waals surface area contributed by atoms with Gasteiger partial charge in [0.2, 0.25) is 0 Å². The maximum Gasteiger partial charge on any atom is 0.153 e. The molecule has 94 valence electrons. The molecule has 3 rings (SSSR count). The zero-order chi connectivity index (χ0) is 12.8. The highest BCUT2D eigenvalue weighted by Gasteiger charge is 2.37. The molecule has 1 heterocycles. The summed E-state index contributed by atoms with van der Waals surface area (Å²) < 4.78 is 5.68. The Morgan fingerprint density at radius 1 is 1.28 bits per heavy atom. The van der Waals surface area contributed by atoms with Gasteiger partial charge in [0.25, 0.3) is 0 Å². The van der Waals surface area contributed by atoms with Crippen LogP contribution in [0.1, 0.15) is 31.4 Å². The minimum absolute atomic E-state index is 0.203. The minimum atomic E-state index is -1.03. The van der Waals surface area contributed by atoms with E-state index in [9.17, 15) is 9.90 Å². The zero-order valence-electron chi connectivity index (χ0n) is 9.78. The Morgan fingerprint density at radius 3 is 2.67 bits per heavy atom. The monoisotopic (exact) mass is 264 g/mol. The second kappa shape index (κ2) is 4.11. The molecule has 1 saturated carbocycles. The van der Waals surface area contributed by atoms with Crippen molar-refractivity contribution in [2.45, 2.75) is 31.3 Å². The topological polar surface area (TPSA) is 50.4 Å². The van der Waals surface area contributed by atoms with Gasteiger partial charge in [-0.1, -0.05) is 23.7 Å².